The summed E-state index contributed by atoms with van der Waals surface area (Å²) in [5.74, 6) is -0.482. The number of hydrogen-bond donors (Lipinski definition) is 1. The van der Waals surface area contributed by atoms with Gasteiger partial charge in [0.25, 0.3) is 0 Å². The van der Waals surface area contributed by atoms with Crippen molar-refractivity contribution in [2.75, 3.05) is 17.7 Å². The highest BCUT2D eigenvalue weighted by atomic mass is 35.5. The lowest BCUT2D eigenvalue weighted by Crippen LogP contribution is -2.39. The fourth-order valence-corrected chi connectivity index (χ4v) is 1.80. The van der Waals surface area contributed by atoms with Crippen molar-refractivity contribution in [1.29, 1.82) is 0 Å². The largest absolute Gasteiger partial charge is 0.397 e. The van der Waals surface area contributed by atoms with Gasteiger partial charge in [-0.25, -0.2) is 4.39 Å². The van der Waals surface area contributed by atoms with Crippen molar-refractivity contribution in [2.45, 2.75) is 33.7 Å². The predicted molar refractivity (Wildman–Crippen MR) is 73.1 cm³/mol. The van der Waals surface area contributed by atoms with E-state index in [9.17, 15) is 4.39 Å². The second-order valence-corrected chi connectivity index (χ2v) is 5.89. The van der Waals surface area contributed by atoms with Crippen LogP contribution in [0.3, 0.4) is 0 Å². The summed E-state index contributed by atoms with van der Waals surface area (Å²) >= 11 is 5.79. The topological polar surface area (TPSA) is 29.3 Å². The average Bonchev–Trinajstić information content (AvgIpc) is 2.20. The first-order chi connectivity index (χ1) is 7.64. The molecule has 4 heteroatoms. The van der Waals surface area contributed by atoms with Crippen LogP contribution in [0.4, 0.5) is 15.8 Å². The SMILES string of the molecule is CC(N(C)c1cc(Cl)c(F)cc1N)C(C)(C)C. The zero-order valence-corrected chi connectivity index (χ0v) is 11.8. The average molecular weight is 259 g/mol. The lowest BCUT2D eigenvalue weighted by molar-refractivity contribution is 0.330. The van der Waals surface area contributed by atoms with Gasteiger partial charge in [-0.15, -0.1) is 0 Å². The van der Waals surface area contributed by atoms with Crippen LogP contribution in [-0.4, -0.2) is 13.1 Å². The molecular weight excluding hydrogens is 239 g/mol. The van der Waals surface area contributed by atoms with Gasteiger partial charge in [0.05, 0.1) is 16.4 Å². The highest BCUT2D eigenvalue weighted by Crippen LogP contribution is 2.33. The zero-order valence-electron chi connectivity index (χ0n) is 11.0. The lowest BCUT2D eigenvalue weighted by atomic mass is 9.87. The first kappa shape index (κ1) is 14.1. The summed E-state index contributed by atoms with van der Waals surface area (Å²) in [5.41, 5.74) is 7.10. The van der Waals surface area contributed by atoms with Crippen LogP contribution < -0.4 is 10.6 Å². The molecule has 2 nitrogen and oxygen atoms in total. The van der Waals surface area contributed by atoms with Gasteiger partial charge in [0.2, 0.25) is 0 Å². The predicted octanol–water partition coefficient (Wildman–Crippen LogP) is 3.93. The number of halogens is 2. The molecule has 1 unspecified atom stereocenters. The quantitative estimate of drug-likeness (QED) is 0.815. The highest BCUT2D eigenvalue weighted by Gasteiger charge is 2.25. The van der Waals surface area contributed by atoms with Crippen LogP contribution in [0, 0.1) is 11.2 Å². The second-order valence-electron chi connectivity index (χ2n) is 5.48. The third-order valence-corrected chi connectivity index (χ3v) is 3.57. The third-order valence-electron chi connectivity index (χ3n) is 3.28. The van der Waals surface area contributed by atoms with Crippen molar-refractivity contribution in [3.05, 3.63) is 23.0 Å². The molecule has 2 N–H and O–H groups in total. The molecule has 1 atom stereocenters. The summed E-state index contributed by atoms with van der Waals surface area (Å²) < 4.78 is 13.2. The molecule has 0 spiro atoms. The Morgan fingerprint density at radius 1 is 1.35 bits per heavy atom. The molecule has 0 aliphatic rings. The van der Waals surface area contributed by atoms with Crippen molar-refractivity contribution in [3.63, 3.8) is 0 Å². The van der Waals surface area contributed by atoms with Crippen LogP contribution in [-0.2, 0) is 0 Å². The second kappa shape index (κ2) is 4.73. The summed E-state index contributed by atoms with van der Waals surface area (Å²) in [6.45, 7) is 8.55. The Morgan fingerprint density at radius 2 is 1.88 bits per heavy atom. The number of anilines is 2. The third kappa shape index (κ3) is 3.03. The molecule has 17 heavy (non-hydrogen) atoms. The van der Waals surface area contributed by atoms with Gasteiger partial charge in [-0.2, -0.15) is 0 Å². The summed E-state index contributed by atoms with van der Waals surface area (Å²) in [4.78, 5) is 2.03. The molecule has 0 aromatic heterocycles. The molecular formula is C13H20ClFN2. The lowest BCUT2D eigenvalue weighted by Gasteiger charge is -2.37. The van der Waals surface area contributed by atoms with Crippen LogP contribution in [0.25, 0.3) is 0 Å². The molecule has 1 aromatic rings. The molecule has 0 fully saturated rings. The number of nitrogens with zero attached hydrogens (tertiary/aromatic N) is 1. The van der Waals surface area contributed by atoms with Crippen molar-refractivity contribution >= 4 is 23.0 Å². The van der Waals surface area contributed by atoms with Crippen molar-refractivity contribution < 1.29 is 4.39 Å². The molecule has 0 bridgehead atoms. The van der Waals surface area contributed by atoms with Crippen molar-refractivity contribution in [2.24, 2.45) is 5.41 Å². The Bertz CT molecular complexity index is 413. The van der Waals surface area contributed by atoms with E-state index < -0.39 is 5.82 Å². The van der Waals surface area contributed by atoms with Crippen LogP contribution >= 0.6 is 11.6 Å². The fraction of sp³-hybridized carbons (Fsp3) is 0.538. The molecule has 0 aliphatic heterocycles. The summed E-state index contributed by atoms with van der Waals surface area (Å²) in [6, 6.07) is 3.10. The Morgan fingerprint density at radius 3 is 2.35 bits per heavy atom. The summed E-state index contributed by atoms with van der Waals surface area (Å²) in [5, 5.41) is 0.0992. The Kier molecular flexibility index (Phi) is 3.92. The van der Waals surface area contributed by atoms with E-state index in [-0.39, 0.29) is 16.5 Å². The molecule has 1 rings (SSSR count). The van der Waals surface area contributed by atoms with Gasteiger partial charge in [0.15, 0.2) is 0 Å². The molecule has 0 radical (unpaired) electrons. The van der Waals surface area contributed by atoms with E-state index in [1.54, 1.807) is 6.07 Å². The fourth-order valence-electron chi connectivity index (χ4n) is 1.65. The molecule has 96 valence electrons. The van der Waals surface area contributed by atoms with E-state index in [1.807, 2.05) is 11.9 Å². The molecule has 0 heterocycles. The standard InChI is InChI=1S/C13H20ClFN2/c1-8(13(2,3)4)17(5)12-6-9(14)10(15)7-11(12)16/h6-8H,16H2,1-5H3. The molecule has 0 amide bonds. The Balaban J connectivity index is 3.13. The normalized spacial score (nSPS) is 13.6. The van der Waals surface area contributed by atoms with Gasteiger partial charge >= 0.3 is 0 Å². The van der Waals surface area contributed by atoms with E-state index in [4.69, 9.17) is 17.3 Å². The van der Waals surface area contributed by atoms with Crippen LogP contribution in [0.5, 0.6) is 0 Å². The van der Waals surface area contributed by atoms with Gasteiger partial charge in [0, 0.05) is 19.2 Å². The minimum absolute atomic E-state index is 0.0992. The van der Waals surface area contributed by atoms with Gasteiger partial charge in [-0.05, 0) is 18.4 Å². The maximum Gasteiger partial charge on any atom is 0.143 e. The zero-order chi connectivity index (χ0) is 13.4. The highest BCUT2D eigenvalue weighted by molar-refractivity contribution is 6.31. The van der Waals surface area contributed by atoms with Crippen LogP contribution in [0.1, 0.15) is 27.7 Å². The van der Waals surface area contributed by atoms with E-state index >= 15 is 0 Å². The molecule has 0 saturated carbocycles. The number of nitrogens with two attached hydrogens (primary N) is 1. The number of hydrogen-bond acceptors (Lipinski definition) is 2. The summed E-state index contributed by atoms with van der Waals surface area (Å²) in [6.07, 6.45) is 0. The van der Waals surface area contributed by atoms with Crippen molar-refractivity contribution in [3.8, 4) is 0 Å². The Hall–Kier alpha value is -0.960. The van der Waals surface area contributed by atoms with Gasteiger partial charge in [-0.1, -0.05) is 32.4 Å². The molecule has 0 aliphatic carbocycles. The van der Waals surface area contributed by atoms with Crippen LogP contribution in [0.15, 0.2) is 12.1 Å². The van der Waals surface area contributed by atoms with E-state index in [1.165, 1.54) is 6.07 Å². The van der Waals surface area contributed by atoms with Crippen molar-refractivity contribution in [1.82, 2.24) is 0 Å². The van der Waals surface area contributed by atoms with Gasteiger partial charge < -0.3 is 10.6 Å². The minimum atomic E-state index is -0.482. The first-order valence-electron chi connectivity index (χ1n) is 5.62. The summed E-state index contributed by atoms with van der Waals surface area (Å²) in [7, 11) is 1.94. The maximum atomic E-state index is 13.2. The molecule has 0 saturated heterocycles. The van der Waals surface area contributed by atoms with E-state index in [0.717, 1.165) is 5.69 Å². The maximum absolute atomic E-state index is 13.2. The van der Waals surface area contributed by atoms with Crippen LogP contribution in [0.2, 0.25) is 5.02 Å². The van der Waals surface area contributed by atoms with Gasteiger partial charge in [-0.3, -0.25) is 0 Å². The number of rotatable bonds is 2. The smallest absolute Gasteiger partial charge is 0.143 e. The Labute approximate surface area is 108 Å². The monoisotopic (exact) mass is 258 g/mol. The number of nitrogen functional groups attached to an aromatic ring is 1. The van der Waals surface area contributed by atoms with E-state index in [2.05, 4.69) is 27.7 Å². The number of benzene rings is 1. The van der Waals surface area contributed by atoms with E-state index in [0.29, 0.717) is 5.69 Å². The van der Waals surface area contributed by atoms with Gasteiger partial charge in [0.1, 0.15) is 5.82 Å². The molecule has 1 aromatic carbocycles. The minimum Gasteiger partial charge on any atom is -0.397 e. The first-order valence-corrected chi connectivity index (χ1v) is 5.99.